The van der Waals surface area contributed by atoms with Crippen LogP contribution in [-0.2, 0) is 4.74 Å². The molecule has 1 rings (SSSR count). The van der Waals surface area contributed by atoms with E-state index in [1.807, 2.05) is 20.9 Å². The van der Waals surface area contributed by atoms with Gasteiger partial charge in [0, 0.05) is 18.1 Å². The third kappa shape index (κ3) is 1.61. The molecular formula is C8H19N3O. The Morgan fingerprint density at radius 1 is 1.08 bits per heavy atom. The standard InChI is InChI=1S/C8H19N3O/c1-4-6(9)8(11-3)7(10)5(2)12-4/h4-8,11H,9-10H2,1-3H3. The van der Waals surface area contributed by atoms with Gasteiger partial charge in [-0.3, -0.25) is 0 Å². The lowest BCUT2D eigenvalue weighted by Crippen LogP contribution is -2.66. The van der Waals surface area contributed by atoms with Crippen LogP contribution >= 0.6 is 0 Å². The number of rotatable bonds is 1. The van der Waals surface area contributed by atoms with Crippen molar-refractivity contribution in [1.82, 2.24) is 5.32 Å². The Bertz CT molecular complexity index is 139. The van der Waals surface area contributed by atoms with Crippen LogP contribution in [0, 0.1) is 0 Å². The van der Waals surface area contributed by atoms with E-state index in [9.17, 15) is 0 Å². The molecule has 0 radical (unpaired) electrons. The first-order valence-electron chi connectivity index (χ1n) is 4.41. The molecule has 0 aromatic carbocycles. The molecule has 1 aliphatic rings. The van der Waals surface area contributed by atoms with Gasteiger partial charge in [0.1, 0.15) is 0 Å². The van der Waals surface area contributed by atoms with Crippen molar-refractivity contribution in [2.24, 2.45) is 11.5 Å². The molecule has 0 saturated carbocycles. The third-order valence-electron chi connectivity index (χ3n) is 2.68. The van der Waals surface area contributed by atoms with E-state index in [1.54, 1.807) is 0 Å². The summed E-state index contributed by atoms with van der Waals surface area (Å²) in [7, 11) is 1.88. The van der Waals surface area contributed by atoms with Crippen LogP contribution in [0.1, 0.15) is 13.8 Å². The van der Waals surface area contributed by atoms with Gasteiger partial charge in [0.05, 0.1) is 12.2 Å². The van der Waals surface area contributed by atoms with Gasteiger partial charge in [-0.2, -0.15) is 0 Å². The highest BCUT2D eigenvalue weighted by Gasteiger charge is 2.37. The first kappa shape index (κ1) is 9.92. The number of ether oxygens (including phenoxy) is 1. The summed E-state index contributed by atoms with van der Waals surface area (Å²) >= 11 is 0. The molecule has 0 aromatic heterocycles. The van der Waals surface area contributed by atoms with Gasteiger partial charge in [0.15, 0.2) is 0 Å². The molecule has 5 N–H and O–H groups in total. The Kier molecular flexibility index (Phi) is 3.06. The number of nitrogens with one attached hydrogen (secondary N) is 1. The molecule has 12 heavy (non-hydrogen) atoms. The maximum absolute atomic E-state index is 5.92. The van der Waals surface area contributed by atoms with Gasteiger partial charge in [-0.25, -0.2) is 0 Å². The maximum atomic E-state index is 5.92. The van der Waals surface area contributed by atoms with Crippen LogP contribution in [0.2, 0.25) is 0 Å². The zero-order valence-corrected chi connectivity index (χ0v) is 7.95. The van der Waals surface area contributed by atoms with E-state index in [4.69, 9.17) is 16.2 Å². The second-order valence-corrected chi connectivity index (χ2v) is 3.52. The average molecular weight is 173 g/mol. The summed E-state index contributed by atoms with van der Waals surface area (Å²) in [5.74, 6) is 0. The molecule has 0 bridgehead atoms. The van der Waals surface area contributed by atoms with Crippen molar-refractivity contribution in [2.75, 3.05) is 7.05 Å². The SMILES string of the molecule is CNC1C(N)C(C)OC(C)C1N. The Labute approximate surface area is 73.6 Å². The highest BCUT2D eigenvalue weighted by Crippen LogP contribution is 2.17. The molecule has 1 aliphatic heterocycles. The van der Waals surface area contributed by atoms with Crippen molar-refractivity contribution in [2.45, 2.75) is 44.2 Å². The summed E-state index contributed by atoms with van der Waals surface area (Å²) in [5, 5.41) is 3.13. The van der Waals surface area contributed by atoms with Crippen molar-refractivity contribution < 1.29 is 4.74 Å². The highest BCUT2D eigenvalue weighted by atomic mass is 16.5. The lowest BCUT2D eigenvalue weighted by atomic mass is 9.91. The van der Waals surface area contributed by atoms with Gasteiger partial charge < -0.3 is 21.5 Å². The Balaban J connectivity index is 2.67. The van der Waals surface area contributed by atoms with Crippen LogP contribution in [0.15, 0.2) is 0 Å². The highest BCUT2D eigenvalue weighted by molar-refractivity contribution is 4.97. The van der Waals surface area contributed by atoms with E-state index in [2.05, 4.69) is 5.32 Å². The van der Waals surface area contributed by atoms with Gasteiger partial charge in [-0.05, 0) is 20.9 Å². The maximum Gasteiger partial charge on any atom is 0.0718 e. The van der Waals surface area contributed by atoms with E-state index in [0.29, 0.717) is 0 Å². The van der Waals surface area contributed by atoms with Crippen molar-refractivity contribution >= 4 is 0 Å². The Hall–Kier alpha value is -0.160. The minimum atomic E-state index is -0.0128. The van der Waals surface area contributed by atoms with Crippen LogP contribution in [0.3, 0.4) is 0 Å². The fourth-order valence-electron chi connectivity index (χ4n) is 1.75. The molecule has 4 nitrogen and oxygen atoms in total. The average Bonchev–Trinajstić information content (AvgIpc) is 2.02. The molecule has 4 heteroatoms. The second-order valence-electron chi connectivity index (χ2n) is 3.52. The number of hydrogen-bond acceptors (Lipinski definition) is 4. The van der Waals surface area contributed by atoms with Crippen molar-refractivity contribution in [3.63, 3.8) is 0 Å². The summed E-state index contributed by atoms with van der Waals surface area (Å²) in [6, 6.07) is 0.131. The minimum absolute atomic E-state index is 0.0128. The quantitative estimate of drug-likeness (QED) is 0.477. The zero-order chi connectivity index (χ0) is 9.30. The molecular weight excluding hydrogens is 154 g/mol. The first-order valence-corrected chi connectivity index (χ1v) is 4.41. The van der Waals surface area contributed by atoms with Gasteiger partial charge in [-0.15, -0.1) is 0 Å². The molecule has 4 unspecified atom stereocenters. The molecule has 4 atom stereocenters. The number of hydrogen-bond donors (Lipinski definition) is 3. The Morgan fingerprint density at radius 2 is 1.50 bits per heavy atom. The van der Waals surface area contributed by atoms with E-state index in [0.717, 1.165) is 0 Å². The second kappa shape index (κ2) is 3.70. The van der Waals surface area contributed by atoms with E-state index < -0.39 is 0 Å². The number of likely N-dealkylation sites (N-methyl/N-ethyl adjacent to an activating group) is 1. The monoisotopic (exact) mass is 173 g/mol. The zero-order valence-electron chi connectivity index (χ0n) is 7.95. The smallest absolute Gasteiger partial charge is 0.0718 e. The van der Waals surface area contributed by atoms with Crippen molar-refractivity contribution in [3.05, 3.63) is 0 Å². The molecule has 72 valence electrons. The van der Waals surface area contributed by atoms with Gasteiger partial charge in [0.2, 0.25) is 0 Å². The summed E-state index contributed by atoms with van der Waals surface area (Å²) in [6.45, 7) is 3.97. The van der Waals surface area contributed by atoms with E-state index in [-0.39, 0.29) is 30.3 Å². The van der Waals surface area contributed by atoms with Gasteiger partial charge >= 0.3 is 0 Å². The predicted molar refractivity (Wildman–Crippen MR) is 48.8 cm³/mol. The lowest BCUT2D eigenvalue weighted by molar-refractivity contribution is -0.0658. The molecule has 0 aromatic rings. The predicted octanol–water partition coefficient (Wildman–Crippen LogP) is -0.964. The molecule has 0 aliphatic carbocycles. The Morgan fingerprint density at radius 3 is 1.83 bits per heavy atom. The minimum Gasteiger partial charge on any atom is -0.372 e. The molecule has 0 spiro atoms. The topological polar surface area (TPSA) is 73.3 Å². The molecule has 1 fully saturated rings. The largest absolute Gasteiger partial charge is 0.372 e. The lowest BCUT2D eigenvalue weighted by Gasteiger charge is -2.42. The van der Waals surface area contributed by atoms with Gasteiger partial charge in [0.25, 0.3) is 0 Å². The van der Waals surface area contributed by atoms with E-state index in [1.165, 1.54) is 0 Å². The first-order chi connectivity index (χ1) is 5.57. The molecule has 0 amide bonds. The van der Waals surface area contributed by atoms with Crippen LogP contribution in [0.25, 0.3) is 0 Å². The third-order valence-corrected chi connectivity index (χ3v) is 2.68. The van der Waals surface area contributed by atoms with Crippen LogP contribution in [0.4, 0.5) is 0 Å². The van der Waals surface area contributed by atoms with Crippen molar-refractivity contribution in [3.8, 4) is 0 Å². The normalized spacial score (nSPS) is 49.2. The summed E-state index contributed by atoms with van der Waals surface area (Å²) < 4.78 is 5.55. The summed E-state index contributed by atoms with van der Waals surface area (Å²) in [4.78, 5) is 0. The fourth-order valence-corrected chi connectivity index (χ4v) is 1.75. The molecule has 1 heterocycles. The van der Waals surface area contributed by atoms with Crippen LogP contribution < -0.4 is 16.8 Å². The number of nitrogens with two attached hydrogens (primary N) is 2. The summed E-state index contributed by atoms with van der Waals surface area (Å²) in [5.41, 5.74) is 11.8. The molecule has 1 saturated heterocycles. The van der Waals surface area contributed by atoms with Crippen LogP contribution in [0.5, 0.6) is 0 Å². The fraction of sp³-hybridized carbons (Fsp3) is 1.00. The van der Waals surface area contributed by atoms with Crippen LogP contribution in [-0.4, -0.2) is 37.4 Å². The van der Waals surface area contributed by atoms with Gasteiger partial charge in [-0.1, -0.05) is 0 Å². The van der Waals surface area contributed by atoms with Crippen molar-refractivity contribution in [1.29, 1.82) is 0 Å². The summed E-state index contributed by atoms with van der Waals surface area (Å²) in [6.07, 6.45) is 0.162. The van der Waals surface area contributed by atoms with E-state index >= 15 is 0 Å².